The van der Waals surface area contributed by atoms with E-state index in [2.05, 4.69) is 25.9 Å². The number of hydrogen-bond acceptors (Lipinski definition) is 9. The first kappa shape index (κ1) is 27.9. The smallest absolute Gasteiger partial charge is 0.321 e. The summed E-state index contributed by atoms with van der Waals surface area (Å²) in [4.78, 5) is 33.8. The molecule has 0 saturated carbocycles. The normalized spacial score (nSPS) is 11.6. The number of aromatic nitrogens is 2. The number of methoxy groups -OCH3 is 1. The first-order valence-electron chi connectivity index (χ1n) is 11.6. The van der Waals surface area contributed by atoms with Gasteiger partial charge in [-0.05, 0) is 30.7 Å². The van der Waals surface area contributed by atoms with E-state index in [0.717, 1.165) is 22.7 Å². The minimum atomic E-state index is -0.949. The predicted octanol–water partition coefficient (Wildman–Crippen LogP) is 4.95. The Morgan fingerprint density at radius 3 is 2.67 bits per heavy atom. The van der Waals surface area contributed by atoms with Gasteiger partial charge in [0.2, 0.25) is 0 Å². The minimum Gasteiger partial charge on any atom is -0.497 e. The monoisotopic (exact) mass is 574 g/mol. The molecular formula is C25H24F2N6O4S2. The third-order valence-electron chi connectivity index (χ3n) is 5.53. The number of carbonyl (C=O) groups is 2. The van der Waals surface area contributed by atoms with Crippen LogP contribution in [0.5, 0.6) is 5.75 Å². The number of hydrogen-bond donors (Lipinski definition) is 5. The van der Waals surface area contributed by atoms with Gasteiger partial charge in [-0.25, -0.2) is 23.5 Å². The third kappa shape index (κ3) is 6.47. The van der Waals surface area contributed by atoms with Crippen molar-refractivity contribution in [3.05, 3.63) is 59.0 Å². The lowest BCUT2D eigenvalue weighted by Gasteiger charge is -2.13. The van der Waals surface area contributed by atoms with Gasteiger partial charge in [0, 0.05) is 22.6 Å². The average Bonchev–Trinajstić information content (AvgIpc) is 3.55. The van der Waals surface area contributed by atoms with Crippen molar-refractivity contribution in [2.75, 3.05) is 30.1 Å². The number of thiazole rings is 2. The number of halogens is 2. The number of nitrogen functional groups attached to an aromatic ring is 1. The Morgan fingerprint density at radius 2 is 1.95 bits per heavy atom. The zero-order valence-electron chi connectivity index (χ0n) is 20.7. The van der Waals surface area contributed by atoms with Crippen molar-refractivity contribution in [3.8, 4) is 26.9 Å². The largest absolute Gasteiger partial charge is 0.497 e. The number of rotatable bonds is 9. The summed E-state index contributed by atoms with van der Waals surface area (Å²) in [5, 5.41) is 19.0. The summed E-state index contributed by atoms with van der Waals surface area (Å²) in [6.07, 6.45) is 0.545. The van der Waals surface area contributed by atoms with Crippen LogP contribution in [0, 0.1) is 11.6 Å². The highest BCUT2D eigenvalue weighted by atomic mass is 32.1. The Labute approximate surface area is 229 Å². The highest BCUT2D eigenvalue weighted by molar-refractivity contribution is 7.23. The molecule has 6 N–H and O–H groups in total. The second kappa shape index (κ2) is 12.1. The Balaban J connectivity index is 1.55. The van der Waals surface area contributed by atoms with E-state index >= 15 is 0 Å². The number of urea groups is 1. The van der Waals surface area contributed by atoms with Gasteiger partial charge in [-0.1, -0.05) is 24.3 Å². The number of aliphatic hydroxyl groups is 1. The molecule has 2 aromatic heterocycles. The molecule has 0 fully saturated rings. The van der Waals surface area contributed by atoms with Crippen LogP contribution in [0.15, 0.2) is 41.8 Å². The third-order valence-corrected chi connectivity index (χ3v) is 7.52. The van der Waals surface area contributed by atoms with E-state index in [0.29, 0.717) is 28.1 Å². The molecule has 204 valence electrons. The maximum atomic E-state index is 14.8. The van der Waals surface area contributed by atoms with Crippen LogP contribution in [-0.4, -0.2) is 46.8 Å². The molecule has 1 atom stereocenters. The van der Waals surface area contributed by atoms with Gasteiger partial charge in [0.15, 0.2) is 5.13 Å². The molecule has 0 aliphatic carbocycles. The molecule has 3 amide bonds. The topological polar surface area (TPSA) is 151 Å². The fraction of sp³-hybridized carbons (Fsp3) is 0.200. The summed E-state index contributed by atoms with van der Waals surface area (Å²) in [6.45, 7) is 1.62. The van der Waals surface area contributed by atoms with Crippen LogP contribution in [0.4, 0.5) is 30.2 Å². The molecule has 0 aliphatic rings. The average molecular weight is 575 g/mol. The second-order valence-corrected chi connectivity index (χ2v) is 10.0. The van der Waals surface area contributed by atoms with Crippen LogP contribution in [0.3, 0.4) is 0 Å². The summed E-state index contributed by atoms with van der Waals surface area (Å²) in [7, 11) is 1.46. The molecule has 2 heterocycles. The molecule has 2 aromatic carbocycles. The van der Waals surface area contributed by atoms with E-state index in [1.165, 1.54) is 25.3 Å². The highest BCUT2D eigenvalue weighted by Crippen LogP contribution is 2.39. The maximum absolute atomic E-state index is 14.8. The highest BCUT2D eigenvalue weighted by Gasteiger charge is 2.20. The van der Waals surface area contributed by atoms with Gasteiger partial charge in [0.1, 0.15) is 33.1 Å². The summed E-state index contributed by atoms with van der Waals surface area (Å²) in [6, 6.07) is 7.20. The van der Waals surface area contributed by atoms with E-state index in [1.807, 2.05) is 6.92 Å². The molecule has 0 saturated heterocycles. The van der Waals surface area contributed by atoms with Gasteiger partial charge in [-0.15, -0.1) is 11.3 Å². The molecule has 0 radical (unpaired) electrons. The molecule has 0 aliphatic heterocycles. The number of amides is 3. The summed E-state index contributed by atoms with van der Waals surface area (Å²) >= 11 is 2.22. The number of anilines is 3. The Hall–Kier alpha value is -4.14. The SMILES string of the molecule is CC[C@@H](CO)NC(=O)Nc1nc(N)c(-c2nc(-c3cc(NC(=O)c4cccc(OC)c4)c(F)cc3F)cs2)s1. The van der Waals surface area contributed by atoms with Crippen molar-refractivity contribution in [1.82, 2.24) is 15.3 Å². The standard InChI is InChI=1S/C25H24F2N6O4S2/c1-3-13(10-34)29-24(36)33-25-32-21(28)20(39-25)23-31-19(11-38-23)15-8-18(17(27)9-16(15)26)30-22(35)12-5-4-6-14(7-12)37-2/h4-9,11,13,34H,3,10,28H2,1-2H3,(H,30,35)(H2,29,32,33,36)/t13-/m0/s1. The molecule has 0 unspecified atom stereocenters. The summed E-state index contributed by atoms with van der Waals surface area (Å²) in [5.74, 6) is -1.86. The molecule has 0 bridgehead atoms. The predicted molar refractivity (Wildman–Crippen MR) is 147 cm³/mol. The number of nitrogens with one attached hydrogen (secondary N) is 3. The van der Waals surface area contributed by atoms with Gasteiger partial charge in [-0.2, -0.15) is 0 Å². The number of carbonyl (C=O) groups excluding carboxylic acids is 2. The lowest BCUT2D eigenvalue weighted by atomic mass is 10.1. The Kier molecular flexibility index (Phi) is 8.69. The molecule has 14 heteroatoms. The summed E-state index contributed by atoms with van der Waals surface area (Å²) < 4.78 is 34.4. The van der Waals surface area contributed by atoms with Gasteiger partial charge >= 0.3 is 6.03 Å². The molecular weight excluding hydrogens is 550 g/mol. The lowest BCUT2D eigenvalue weighted by molar-refractivity contribution is 0.102. The van der Waals surface area contributed by atoms with E-state index < -0.39 is 29.6 Å². The van der Waals surface area contributed by atoms with Crippen LogP contribution >= 0.6 is 22.7 Å². The van der Waals surface area contributed by atoms with Crippen LogP contribution < -0.4 is 26.4 Å². The van der Waals surface area contributed by atoms with Crippen molar-refractivity contribution < 1.29 is 28.2 Å². The van der Waals surface area contributed by atoms with E-state index in [1.54, 1.807) is 17.5 Å². The van der Waals surface area contributed by atoms with E-state index in [9.17, 15) is 23.5 Å². The minimum absolute atomic E-state index is 0.0322. The number of aliphatic hydroxyl groups excluding tert-OH is 1. The number of nitrogens with zero attached hydrogens (tertiary/aromatic N) is 2. The quantitative estimate of drug-likeness (QED) is 0.190. The molecule has 4 rings (SSSR count). The van der Waals surface area contributed by atoms with Crippen molar-refractivity contribution in [3.63, 3.8) is 0 Å². The van der Waals surface area contributed by atoms with Crippen molar-refractivity contribution in [2.45, 2.75) is 19.4 Å². The summed E-state index contributed by atoms with van der Waals surface area (Å²) in [5.41, 5.74) is 6.20. The van der Waals surface area contributed by atoms with Crippen LogP contribution in [-0.2, 0) is 0 Å². The molecule has 10 nitrogen and oxygen atoms in total. The fourth-order valence-electron chi connectivity index (χ4n) is 3.44. The van der Waals surface area contributed by atoms with Gasteiger partial charge in [-0.3, -0.25) is 10.1 Å². The molecule has 39 heavy (non-hydrogen) atoms. The maximum Gasteiger partial charge on any atom is 0.321 e. The zero-order valence-corrected chi connectivity index (χ0v) is 22.4. The Morgan fingerprint density at radius 1 is 1.15 bits per heavy atom. The van der Waals surface area contributed by atoms with Gasteiger partial charge in [0.25, 0.3) is 5.91 Å². The number of ether oxygens (including phenoxy) is 1. The second-order valence-electron chi connectivity index (χ2n) is 8.16. The van der Waals surface area contributed by atoms with Crippen molar-refractivity contribution in [2.24, 2.45) is 0 Å². The van der Waals surface area contributed by atoms with Crippen LogP contribution in [0.1, 0.15) is 23.7 Å². The van der Waals surface area contributed by atoms with Crippen LogP contribution in [0.25, 0.3) is 21.1 Å². The first-order chi connectivity index (χ1) is 18.7. The zero-order chi connectivity index (χ0) is 28.1. The van der Waals surface area contributed by atoms with Crippen molar-refractivity contribution in [1.29, 1.82) is 0 Å². The lowest BCUT2D eigenvalue weighted by Crippen LogP contribution is -2.39. The molecule has 0 spiro atoms. The van der Waals surface area contributed by atoms with Gasteiger partial charge < -0.3 is 26.2 Å². The fourth-order valence-corrected chi connectivity index (χ4v) is 5.23. The Bertz CT molecular complexity index is 1510. The van der Waals surface area contributed by atoms with E-state index in [-0.39, 0.29) is 40.1 Å². The van der Waals surface area contributed by atoms with Gasteiger partial charge in [0.05, 0.1) is 31.1 Å². The first-order valence-corrected chi connectivity index (χ1v) is 13.3. The number of benzene rings is 2. The van der Waals surface area contributed by atoms with E-state index in [4.69, 9.17) is 10.5 Å². The van der Waals surface area contributed by atoms with Crippen LogP contribution in [0.2, 0.25) is 0 Å². The number of nitrogens with two attached hydrogens (primary N) is 1. The van der Waals surface area contributed by atoms with Crippen molar-refractivity contribution >= 4 is 51.2 Å². The molecule has 4 aromatic rings.